The molecule has 0 aliphatic carbocycles. The van der Waals surface area contributed by atoms with E-state index in [1.165, 1.54) is 6.33 Å². The topological polar surface area (TPSA) is 126 Å². The van der Waals surface area contributed by atoms with Gasteiger partial charge in [-0.1, -0.05) is 54.6 Å². The van der Waals surface area contributed by atoms with Crippen molar-refractivity contribution in [2.75, 3.05) is 42.0 Å². The van der Waals surface area contributed by atoms with Gasteiger partial charge in [-0.3, -0.25) is 4.57 Å². The summed E-state index contributed by atoms with van der Waals surface area (Å²) in [5, 5.41) is 11.6. The summed E-state index contributed by atoms with van der Waals surface area (Å²) in [6.45, 7) is 1.91. The SMILES string of the molecule is COc1ccc(C(OC[C@H]2O[C@@H](n3cnc4c(/N=C(\C)N(C)C)ncnc43)[C@H](OC)[C@@H]2O)(c2ccccc2)c2ccc(OC)cc2)cc1. The van der Waals surface area contributed by atoms with E-state index in [0.29, 0.717) is 17.0 Å². The number of aliphatic hydroxyl groups is 1. The van der Waals surface area contributed by atoms with Crippen molar-refractivity contribution in [3.63, 3.8) is 0 Å². The molecule has 6 rings (SSSR count). The molecule has 1 fully saturated rings. The Kier molecular flexibility index (Phi) is 9.69. The first kappa shape index (κ1) is 33.0. The fourth-order valence-electron chi connectivity index (χ4n) is 5.98. The predicted molar refractivity (Wildman–Crippen MR) is 181 cm³/mol. The standard InChI is InChI=1S/C36H40N6O6/c1-23(41(2)3)40-33-30-34(38-21-37-33)42(22-39-30)35-32(46-6)31(43)29(48-35)20-47-36(24-10-8-7-9-11-24,25-12-16-27(44-4)17-13-25)26-14-18-28(45-5)19-15-26/h7-19,21-22,29,31-32,35,43H,20H2,1-6H3/b40-23+/t29-,31-,32-,35-/m1/s1. The summed E-state index contributed by atoms with van der Waals surface area (Å²) in [7, 11) is 8.63. The van der Waals surface area contributed by atoms with E-state index in [0.717, 1.165) is 34.0 Å². The molecule has 3 heterocycles. The summed E-state index contributed by atoms with van der Waals surface area (Å²) in [4.78, 5) is 19.9. The molecule has 12 heteroatoms. The van der Waals surface area contributed by atoms with Crippen LogP contribution < -0.4 is 9.47 Å². The zero-order chi connectivity index (χ0) is 33.8. The van der Waals surface area contributed by atoms with Crippen molar-refractivity contribution >= 4 is 22.8 Å². The molecule has 0 spiro atoms. The van der Waals surface area contributed by atoms with E-state index in [2.05, 4.69) is 19.9 Å². The smallest absolute Gasteiger partial charge is 0.185 e. The summed E-state index contributed by atoms with van der Waals surface area (Å²) in [5.74, 6) is 2.64. The number of benzene rings is 3. The normalized spacial score (nSPS) is 19.9. The highest BCUT2D eigenvalue weighted by Gasteiger charge is 2.48. The van der Waals surface area contributed by atoms with Gasteiger partial charge in [0.05, 0.1) is 27.2 Å². The third-order valence-electron chi connectivity index (χ3n) is 8.75. The molecule has 2 aromatic heterocycles. The second-order valence-corrected chi connectivity index (χ2v) is 11.6. The maximum Gasteiger partial charge on any atom is 0.185 e. The minimum absolute atomic E-state index is 0.0175. The first-order valence-corrected chi connectivity index (χ1v) is 15.6. The minimum Gasteiger partial charge on any atom is -0.497 e. The predicted octanol–water partition coefficient (Wildman–Crippen LogP) is 4.74. The summed E-state index contributed by atoms with van der Waals surface area (Å²) in [5.41, 5.74) is 2.55. The molecule has 0 unspecified atom stereocenters. The fourth-order valence-corrected chi connectivity index (χ4v) is 5.98. The molecular formula is C36H40N6O6. The van der Waals surface area contributed by atoms with Crippen molar-refractivity contribution in [2.45, 2.75) is 37.1 Å². The number of methoxy groups -OCH3 is 3. The molecule has 0 amide bonds. The Labute approximate surface area is 279 Å². The van der Waals surface area contributed by atoms with Gasteiger partial charge in [-0.2, -0.15) is 0 Å². The number of hydrogen-bond acceptors (Lipinski definition) is 10. The summed E-state index contributed by atoms with van der Waals surface area (Å²) >= 11 is 0. The third-order valence-corrected chi connectivity index (χ3v) is 8.75. The Bertz CT molecular complexity index is 1800. The molecule has 4 atom stereocenters. The van der Waals surface area contributed by atoms with Gasteiger partial charge in [0.1, 0.15) is 47.6 Å². The quantitative estimate of drug-likeness (QED) is 0.122. The highest BCUT2D eigenvalue weighted by atomic mass is 16.6. The number of amidine groups is 1. The molecule has 1 saturated heterocycles. The van der Waals surface area contributed by atoms with Crippen molar-refractivity contribution in [3.8, 4) is 11.5 Å². The Hall–Kier alpha value is -4.88. The molecule has 12 nitrogen and oxygen atoms in total. The molecule has 5 aromatic rings. The molecule has 0 bridgehead atoms. The average Bonchev–Trinajstić information content (AvgIpc) is 3.70. The number of rotatable bonds is 11. The summed E-state index contributed by atoms with van der Waals surface area (Å²) < 4.78 is 32.1. The van der Waals surface area contributed by atoms with E-state index in [9.17, 15) is 5.11 Å². The molecule has 0 radical (unpaired) electrons. The van der Waals surface area contributed by atoms with Crippen molar-refractivity contribution < 1.29 is 28.8 Å². The maximum atomic E-state index is 11.6. The van der Waals surface area contributed by atoms with Crippen molar-refractivity contribution in [2.24, 2.45) is 4.99 Å². The lowest BCUT2D eigenvalue weighted by molar-refractivity contribution is -0.0948. The highest BCUT2D eigenvalue weighted by Crippen LogP contribution is 2.43. The largest absolute Gasteiger partial charge is 0.497 e. The molecule has 250 valence electrons. The van der Waals surface area contributed by atoms with Gasteiger partial charge in [0.2, 0.25) is 0 Å². The van der Waals surface area contributed by atoms with E-state index in [4.69, 9.17) is 23.7 Å². The summed E-state index contributed by atoms with van der Waals surface area (Å²) in [6, 6.07) is 25.5. The number of aliphatic hydroxyl groups excluding tert-OH is 1. The first-order chi connectivity index (χ1) is 23.3. The van der Waals surface area contributed by atoms with Crippen LogP contribution in [0.1, 0.15) is 29.8 Å². The van der Waals surface area contributed by atoms with Crippen LogP contribution in [-0.4, -0.2) is 95.7 Å². The molecule has 1 aliphatic heterocycles. The van der Waals surface area contributed by atoms with Gasteiger partial charge in [-0.15, -0.1) is 0 Å². The van der Waals surface area contributed by atoms with Gasteiger partial charge >= 0.3 is 0 Å². The highest BCUT2D eigenvalue weighted by molar-refractivity contribution is 5.88. The van der Waals surface area contributed by atoms with Crippen LogP contribution in [-0.2, 0) is 19.8 Å². The number of nitrogens with zero attached hydrogens (tertiary/aromatic N) is 6. The van der Waals surface area contributed by atoms with Crippen LogP contribution in [0.5, 0.6) is 11.5 Å². The number of ether oxygens (including phenoxy) is 5. The lowest BCUT2D eigenvalue weighted by Crippen LogP contribution is -2.40. The first-order valence-electron chi connectivity index (χ1n) is 15.6. The van der Waals surface area contributed by atoms with Gasteiger partial charge in [-0.05, 0) is 47.9 Å². The third kappa shape index (κ3) is 6.11. The van der Waals surface area contributed by atoms with Crippen LogP contribution in [0.15, 0.2) is 96.5 Å². The van der Waals surface area contributed by atoms with E-state index in [1.807, 2.05) is 105 Å². The average molecular weight is 653 g/mol. The second kappa shape index (κ2) is 14.1. The van der Waals surface area contributed by atoms with E-state index < -0.39 is 30.1 Å². The van der Waals surface area contributed by atoms with Crippen LogP contribution in [0, 0.1) is 0 Å². The zero-order valence-electron chi connectivity index (χ0n) is 27.8. The monoisotopic (exact) mass is 652 g/mol. The number of aromatic nitrogens is 4. The van der Waals surface area contributed by atoms with Gasteiger partial charge in [0.15, 0.2) is 23.2 Å². The van der Waals surface area contributed by atoms with E-state index in [-0.39, 0.29) is 6.61 Å². The maximum absolute atomic E-state index is 11.6. The lowest BCUT2D eigenvalue weighted by Gasteiger charge is -2.37. The Morgan fingerprint density at radius 2 is 1.48 bits per heavy atom. The van der Waals surface area contributed by atoms with Gasteiger partial charge in [0.25, 0.3) is 0 Å². The van der Waals surface area contributed by atoms with Crippen molar-refractivity contribution in [3.05, 3.63) is 108 Å². The van der Waals surface area contributed by atoms with Gasteiger partial charge in [-0.25, -0.2) is 19.9 Å². The molecule has 1 N–H and O–H groups in total. The van der Waals surface area contributed by atoms with E-state index >= 15 is 0 Å². The number of imidazole rings is 1. The van der Waals surface area contributed by atoms with Crippen LogP contribution in [0.3, 0.4) is 0 Å². The second-order valence-electron chi connectivity index (χ2n) is 11.6. The molecule has 3 aromatic carbocycles. The molecule has 1 aliphatic rings. The van der Waals surface area contributed by atoms with Crippen LogP contribution >= 0.6 is 0 Å². The molecule has 0 saturated carbocycles. The van der Waals surface area contributed by atoms with Crippen molar-refractivity contribution in [1.29, 1.82) is 0 Å². The molecular weight excluding hydrogens is 612 g/mol. The number of fused-ring (bicyclic) bond motifs is 1. The Morgan fingerprint density at radius 1 is 0.875 bits per heavy atom. The minimum atomic E-state index is -1.09. The van der Waals surface area contributed by atoms with Crippen LogP contribution in [0.4, 0.5) is 5.82 Å². The number of aliphatic imine (C=N–C) groups is 1. The van der Waals surface area contributed by atoms with Crippen LogP contribution in [0.2, 0.25) is 0 Å². The fraction of sp³-hybridized carbons (Fsp3) is 0.333. The summed E-state index contributed by atoms with van der Waals surface area (Å²) in [6.07, 6.45) is -0.249. The molecule has 48 heavy (non-hydrogen) atoms. The van der Waals surface area contributed by atoms with Crippen LogP contribution in [0.25, 0.3) is 11.2 Å². The lowest BCUT2D eigenvalue weighted by atomic mass is 9.80. The van der Waals surface area contributed by atoms with Crippen molar-refractivity contribution in [1.82, 2.24) is 24.4 Å². The number of hydrogen-bond donors (Lipinski definition) is 1. The van der Waals surface area contributed by atoms with E-state index in [1.54, 1.807) is 32.2 Å². The Balaban J connectivity index is 1.38. The van der Waals surface area contributed by atoms with Gasteiger partial charge in [0, 0.05) is 21.2 Å². The van der Waals surface area contributed by atoms with Gasteiger partial charge < -0.3 is 33.7 Å². The zero-order valence-corrected chi connectivity index (χ0v) is 27.8. The Morgan fingerprint density at radius 3 is 2.04 bits per heavy atom.